The van der Waals surface area contributed by atoms with Crippen molar-refractivity contribution in [2.75, 3.05) is 16.4 Å². The van der Waals surface area contributed by atoms with Crippen molar-refractivity contribution in [3.63, 3.8) is 0 Å². The molecule has 0 amide bonds. The Balaban J connectivity index is 1.02. The van der Waals surface area contributed by atoms with Gasteiger partial charge in [-0.05, 0) is 120 Å². The maximum atomic E-state index is 6.42. The molecule has 0 N–H and O–H groups in total. The number of hydrogen-bond donors (Lipinski definition) is 0. The predicted octanol–water partition coefficient (Wildman–Crippen LogP) is 14.8. The van der Waals surface area contributed by atoms with Crippen molar-refractivity contribution in [2.24, 2.45) is 0 Å². The minimum Gasteiger partial charge on any atom is -0.489 e. The van der Waals surface area contributed by atoms with Gasteiger partial charge in [0.2, 0.25) is 0 Å². The number of benzene rings is 8. The smallest absolute Gasteiger partial charge is 0.143 e. The van der Waals surface area contributed by atoms with Gasteiger partial charge in [0.15, 0.2) is 0 Å². The van der Waals surface area contributed by atoms with Crippen molar-refractivity contribution in [1.29, 1.82) is 0 Å². The van der Waals surface area contributed by atoms with Crippen LogP contribution in [0, 0.1) is 0 Å². The molecule has 1 aromatic heterocycles. The van der Waals surface area contributed by atoms with E-state index in [-0.39, 0.29) is 0 Å². The third-order valence-electron chi connectivity index (χ3n) is 10.8. The van der Waals surface area contributed by atoms with Crippen LogP contribution in [0.1, 0.15) is 11.1 Å². The number of fused-ring (bicyclic) bond motifs is 4. The number of nitrogens with zero attached hydrogens (tertiary/aromatic N) is 2. The number of allylic oxidation sites excluding steroid dienone is 3. The quantitative estimate of drug-likeness (QED) is 0.155. The first-order valence-electron chi connectivity index (χ1n) is 19.8. The van der Waals surface area contributed by atoms with E-state index in [1.165, 1.54) is 5.56 Å². The Morgan fingerprint density at radius 1 is 0.414 bits per heavy atom. The highest BCUT2D eigenvalue weighted by Crippen LogP contribution is 2.41. The van der Waals surface area contributed by atoms with Gasteiger partial charge >= 0.3 is 0 Å². The Hall–Kier alpha value is -7.56. The molecular formula is C54H40N2O2. The van der Waals surface area contributed by atoms with Gasteiger partial charge in [-0.25, -0.2) is 0 Å². The van der Waals surface area contributed by atoms with Crippen LogP contribution < -0.4 is 14.5 Å². The fourth-order valence-electron chi connectivity index (χ4n) is 8.00. The average Bonchev–Trinajstić information content (AvgIpc) is 3.72. The lowest BCUT2D eigenvalue weighted by molar-refractivity contribution is 0.360. The summed E-state index contributed by atoms with van der Waals surface area (Å²) in [6.45, 7) is 0.508. The normalized spacial score (nSPS) is 13.4. The van der Waals surface area contributed by atoms with Gasteiger partial charge in [-0.2, -0.15) is 0 Å². The van der Waals surface area contributed by atoms with E-state index in [1.807, 2.05) is 24.3 Å². The fourth-order valence-corrected chi connectivity index (χ4v) is 8.00. The maximum absolute atomic E-state index is 6.42. The van der Waals surface area contributed by atoms with Crippen molar-refractivity contribution in [2.45, 2.75) is 6.42 Å². The van der Waals surface area contributed by atoms with E-state index in [4.69, 9.17) is 9.15 Å². The maximum Gasteiger partial charge on any atom is 0.143 e. The van der Waals surface area contributed by atoms with E-state index in [9.17, 15) is 0 Å². The van der Waals surface area contributed by atoms with Gasteiger partial charge < -0.3 is 19.0 Å². The molecule has 1 aliphatic rings. The summed E-state index contributed by atoms with van der Waals surface area (Å²) < 4.78 is 12.6. The molecule has 4 heteroatoms. The van der Waals surface area contributed by atoms with Crippen LogP contribution >= 0.6 is 0 Å². The first kappa shape index (κ1) is 34.9. The van der Waals surface area contributed by atoms with Crippen LogP contribution in [0.4, 0.5) is 34.1 Å². The van der Waals surface area contributed by atoms with E-state index in [0.29, 0.717) is 6.61 Å². The zero-order chi connectivity index (χ0) is 38.7. The second-order valence-electron chi connectivity index (χ2n) is 14.4. The van der Waals surface area contributed by atoms with Gasteiger partial charge in [0.05, 0.1) is 0 Å². The van der Waals surface area contributed by atoms with E-state index >= 15 is 0 Å². The van der Waals surface area contributed by atoms with Crippen LogP contribution in [0.5, 0.6) is 5.75 Å². The van der Waals surface area contributed by atoms with Crippen LogP contribution in [0.3, 0.4) is 0 Å². The van der Waals surface area contributed by atoms with Gasteiger partial charge in [0.25, 0.3) is 0 Å². The third-order valence-corrected chi connectivity index (χ3v) is 10.8. The molecule has 0 atom stereocenters. The summed E-state index contributed by atoms with van der Waals surface area (Å²) in [7, 11) is 0. The molecule has 0 radical (unpaired) electrons. The number of para-hydroxylation sites is 5. The Kier molecular flexibility index (Phi) is 9.34. The van der Waals surface area contributed by atoms with E-state index < -0.39 is 0 Å². The summed E-state index contributed by atoms with van der Waals surface area (Å²) in [5, 5.41) is 2.26. The minimum absolute atomic E-state index is 0.508. The molecule has 2 heterocycles. The number of hydrogen-bond acceptors (Lipinski definition) is 4. The SMILES string of the molecule is C1=C/C(c2ccc(N(c3ccc(-c4cccc5c4oc4ccccc45)cc3)c3ccc(N(c4ccccc4)c4ccccc4)cc3)cc2)=C\COc2ccccc2C1. The van der Waals surface area contributed by atoms with Crippen molar-refractivity contribution >= 4 is 61.6 Å². The second kappa shape index (κ2) is 15.5. The molecule has 10 rings (SSSR count). The predicted molar refractivity (Wildman–Crippen MR) is 241 cm³/mol. The van der Waals surface area contributed by atoms with Gasteiger partial charge in [-0.1, -0.05) is 127 Å². The van der Waals surface area contributed by atoms with Crippen molar-refractivity contribution in [3.05, 3.63) is 230 Å². The average molecular weight is 749 g/mol. The number of anilines is 6. The van der Waals surface area contributed by atoms with Crippen molar-refractivity contribution < 1.29 is 9.15 Å². The molecule has 4 nitrogen and oxygen atoms in total. The molecular weight excluding hydrogens is 709 g/mol. The molecule has 8 aromatic carbocycles. The summed E-state index contributed by atoms with van der Waals surface area (Å²) in [6, 6.07) is 70.4. The molecule has 0 bridgehead atoms. The highest BCUT2D eigenvalue weighted by Gasteiger charge is 2.18. The summed E-state index contributed by atoms with van der Waals surface area (Å²) in [5.41, 5.74) is 13.9. The highest BCUT2D eigenvalue weighted by molar-refractivity contribution is 6.09. The van der Waals surface area contributed by atoms with Crippen LogP contribution in [0.2, 0.25) is 0 Å². The first-order valence-corrected chi connectivity index (χ1v) is 19.8. The topological polar surface area (TPSA) is 28.9 Å². The molecule has 58 heavy (non-hydrogen) atoms. The zero-order valence-corrected chi connectivity index (χ0v) is 31.9. The monoisotopic (exact) mass is 748 g/mol. The van der Waals surface area contributed by atoms with E-state index in [0.717, 1.165) is 90.5 Å². The molecule has 0 unspecified atom stereocenters. The second-order valence-corrected chi connectivity index (χ2v) is 14.4. The summed E-state index contributed by atoms with van der Waals surface area (Å²) in [4.78, 5) is 4.61. The zero-order valence-electron chi connectivity index (χ0n) is 31.9. The molecule has 9 aromatic rings. The lowest BCUT2D eigenvalue weighted by Gasteiger charge is -2.28. The van der Waals surface area contributed by atoms with Crippen LogP contribution in [0.25, 0.3) is 38.6 Å². The fraction of sp³-hybridized carbons (Fsp3) is 0.0370. The van der Waals surface area contributed by atoms with E-state index in [2.05, 4.69) is 204 Å². The molecule has 1 aliphatic heterocycles. The standard InChI is InChI=1S/C54H40N2O2/c1-3-16-43(17-4-1)55(44-18-5-2-6-19-44)47-33-35-48(36-34-47)56(45-29-25-40(26-30-45)39-14-11-15-42-13-7-9-23-52(42)57-38-37-39)46-31-27-41(28-32-46)49-21-12-22-51-50-20-8-10-24-53(50)58-54(49)51/h1-14,16-37H,15,38H2/b14-11?,39-37+. The lowest BCUT2D eigenvalue weighted by Crippen LogP contribution is -2.12. The summed E-state index contributed by atoms with van der Waals surface area (Å²) >= 11 is 0. The van der Waals surface area contributed by atoms with Crippen LogP contribution in [-0.2, 0) is 6.42 Å². The molecule has 0 saturated carbocycles. The Labute approximate surface area is 338 Å². The summed E-state index contributed by atoms with van der Waals surface area (Å²) in [6.07, 6.45) is 7.42. The first-order chi connectivity index (χ1) is 28.8. The van der Waals surface area contributed by atoms with Gasteiger partial charge in [-0.3, -0.25) is 0 Å². The van der Waals surface area contributed by atoms with Crippen LogP contribution in [0.15, 0.2) is 223 Å². The molecule has 0 spiro atoms. The van der Waals surface area contributed by atoms with Crippen LogP contribution in [-0.4, -0.2) is 6.61 Å². The minimum atomic E-state index is 0.508. The number of ether oxygens (including phenoxy) is 1. The third kappa shape index (κ3) is 6.82. The van der Waals surface area contributed by atoms with Crippen molar-refractivity contribution in [1.82, 2.24) is 0 Å². The largest absolute Gasteiger partial charge is 0.489 e. The van der Waals surface area contributed by atoms with Gasteiger partial charge in [0.1, 0.15) is 23.5 Å². The Morgan fingerprint density at radius 3 is 1.59 bits per heavy atom. The highest BCUT2D eigenvalue weighted by atomic mass is 16.5. The Morgan fingerprint density at radius 2 is 0.931 bits per heavy atom. The van der Waals surface area contributed by atoms with Gasteiger partial charge in [-0.15, -0.1) is 0 Å². The summed E-state index contributed by atoms with van der Waals surface area (Å²) in [5.74, 6) is 0.942. The van der Waals surface area contributed by atoms with E-state index in [1.54, 1.807) is 0 Å². The number of furan rings is 1. The lowest BCUT2D eigenvalue weighted by atomic mass is 10.0. The molecule has 278 valence electrons. The van der Waals surface area contributed by atoms with Gasteiger partial charge in [0, 0.05) is 50.5 Å². The molecule has 0 saturated heterocycles. The molecule has 0 aliphatic carbocycles. The molecule has 0 fully saturated rings. The van der Waals surface area contributed by atoms with Crippen molar-refractivity contribution in [3.8, 4) is 16.9 Å². The Bertz CT molecular complexity index is 2850. The number of rotatable bonds is 8.